The van der Waals surface area contributed by atoms with E-state index in [-0.39, 0.29) is 10.8 Å². The highest BCUT2D eigenvalue weighted by Gasteiger charge is 2.32. The predicted octanol–water partition coefficient (Wildman–Crippen LogP) is 2.83. The minimum atomic E-state index is -3.53. The second kappa shape index (κ2) is 8.99. The summed E-state index contributed by atoms with van der Waals surface area (Å²) in [7, 11) is -0.504. The number of aromatic nitrogens is 3. The molecule has 0 N–H and O–H groups in total. The number of carbonyl (C=O) groups is 1. The van der Waals surface area contributed by atoms with Gasteiger partial charge < -0.3 is 9.47 Å². The SMILES string of the molecule is CCn1c(CCC(=O)N(Cc2ccncc2)C2CC2)nc2cc(S(=O)(=O)N(C)C)ccc21. The highest BCUT2D eigenvalue weighted by molar-refractivity contribution is 7.89. The molecule has 0 spiro atoms. The van der Waals surface area contributed by atoms with Crippen molar-refractivity contribution in [3.8, 4) is 0 Å². The van der Waals surface area contributed by atoms with Gasteiger partial charge >= 0.3 is 0 Å². The van der Waals surface area contributed by atoms with Gasteiger partial charge in [-0.25, -0.2) is 17.7 Å². The fourth-order valence-corrected chi connectivity index (χ4v) is 4.85. The molecule has 0 atom stereocenters. The predicted molar refractivity (Wildman–Crippen MR) is 122 cm³/mol. The Kier molecular flexibility index (Phi) is 6.30. The molecule has 0 unspecified atom stereocenters. The molecular formula is C23H29N5O3S. The third-order valence-electron chi connectivity index (χ3n) is 5.87. The molecule has 1 aliphatic rings. The van der Waals surface area contributed by atoms with Crippen molar-refractivity contribution in [1.82, 2.24) is 23.7 Å². The number of hydrogen-bond acceptors (Lipinski definition) is 5. The zero-order valence-corrected chi connectivity index (χ0v) is 19.5. The maximum Gasteiger partial charge on any atom is 0.242 e. The zero-order valence-electron chi connectivity index (χ0n) is 18.7. The normalized spacial score (nSPS) is 14.2. The van der Waals surface area contributed by atoms with Crippen molar-refractivity contribution >= 4 is 27.0 Å². The number of imidazole rings is 1. The summed E-state index contributed by atoms with van der Waals surface area (Å²) in [6.07, 6.45) is 6.48. The quantitative estimate of drug-likeness (QED) is 0.495. The Hall–Kier alpha value is -2.78. The second-order valence-corrected chi connectivity index (χ2v) is 10.5. The van der Waals surface area contributed by atoms with Crippen LogP contribution in [0.15, 0.2) is 47.6 Å². The fraction of sp³-hybridized carbons (Fsp3) is 0.435. The Bertz CT molecular complexity index is 1220. The van der Waals surface area contributed by atoms with E-state index in [0.29, 0.717) is 37.5 Å². The molecule has 0 aliphatic heterocycles. The molecule has 4 rings (SSSR count). The van der Waals surface area contributed by atoms with E-state index in [9.17, 15) is 13.2 Å². The van der Waals surface area contributed by atoms with Gasteiger partial charge in [0.1, 0.15) is 5.82 Å². The Morgan fingerprint density at radius 2 is 1.88 bits per heavy atom. The minimum absolute atomic E-state index is 0.120. The maximum absolute atomic E-state index is 13.1. The highest BCUT2D eigenvalue weighted by atomic mass is 32.2. The van der Waals surface area contributed by atoms with Crippen molar-refractivity contribution in [3.05, 3.63) is 54.1 Å². The number of hydrogen-bond donors (Lipinski definition) is 0. The molecule has 2 aromatic heterocycles. The number of nitrogens with zero attached hydrogens (tertiary/aromatic N) is 5. The average Bonchev–Trinajstić information content (AvgIpc) is 3.56. The largest absolute Gasteiger partial charge is 0.335 e. The molecule has 0 bridgehead atoms. The standard InChI is InChI=1S/C23H29N5O3S/c1-4-27-21-8-7-19(32(30,31)26(2)3)15-20(21)25-22(27)9-10-23(29)28(18-5-6-18)16-17-11-13-24-14-12-17/h7-8,11-15,18H,4-6,9-10,16H2,1-3H3. The van der Waals surface area contributed by atoms with Gasteiger partial charge in [0, 0.05) is 58.5 Å². The molecule has 0 saturated heterocycles. The topological polar surface area (TPSA) is 88.4 Å². The van der Waals surface area contributed by atoms with Gasteiger partial charge in [-0.3, -0.25) is 9.78 Å². The van der Waals surface area contributed by atoms with Crippen LogP contribution in [0.25, 0.3) is 11.0 Å². The van der Waals surface area contributed by atoms with E-state index in [2.05, 4.69) is 9.55 Å². The molecule has 1 fully saturated rings. The minimum Gasteiger partial charge on any atom is -0.335 e. The Balaban J connectivity index is 1.53. The molecule has 1 aromatic carbocycles. The van der Waals surface area contributed by atoms with Gasteiger partial charge in [0.05, 0.1) is 15.9 Å². The van der Waals surface area contributed by atoms with Gasteiger partial charge in [0.15, 0.2) is 0 Å². The molecule has 3 aromatic rings. The third kappa shape index (κ3) is 4.54. The van der Waals surface area contributed by atoms with Crippen LogP contribution in [0.2, 0.25) is 0 Å². The lowest BCUT2D eigenvalue weighted by atomic mass is 10.2. The van der Waals surface area contributed by atoms with E-state index in [0.717, 1.165) is 29.7 Å². The van der Waals surface area contributed by atoms with E-state index >= 15 is 0 Å². The third-order valence-corrected chi connectivity index (χ3v) is 7.68. The first-order valence-electron chi connectivity index (χ1n) is 10.9. The average molecular weight is 456 g/mol. The van der Waals surface area contributed by atoms with Crippen LogP contribution in [0.5, 0.6) is 0 Å². The van der Waals surface area contributed by atoms with Crippen molar-refractivity contribution < 1.29 is 13.2 Å². The van der Waals surface area contributed by atoms with Gasteiger partial charge in [-0.15, -0.1) is 0 Å². The number of fused-ring (bicyclic) bond motifs is 1. The Morgan fingerprint density at radius 3 is 2.50 bits per heavy atom. The van der Waals surface area contributed by atoms with Crippen molar-refractivity contribution in [2.45, 2.75) is 56.6 Å². The van der Waals surface area contributed by atoms with Gasteiger partial charge in [-0.05, 0) is 55.7 Å². The summed E-state index contributed by atoms with van der Waals surface area (Å²) in [4.78, 5) is 24.0. The lowest BCUT2D eigenvalue weighted by Gasteiger charge is -2.22. The Labute approximate surface area is 188 Å². The summed E-state index contributed by atoms with van der Waals surface area (Å²) in [5.41, 5.74) is 2.59. The lowest BCUT2D eigenvalue weighted by molar-refractivity contribution is -0.132. The first-order valence-corrected chi connectivity index (χ1v) is 12.4. The first-order chi connectivity index (χ1) is 15.3. The number of benzene rings is 1. The van der Waals surface area contributed by atoms with E-state index in [1.165, 1.54) is 18.4 Å². The summed E-state index contributed by atoms with van der Waals surface area (Å²) in [5, 5.41) is 0. The summed E-state index contributed by atoms with van der Waals surface area (Å²) in [6, 6.07) is 9.23. The van der Waals surface area contributed by atoms with Gasteiger partial charge in [0.2, 0.25) is 15.9 Å². The molecule has 8 nitrogen and oxygen atoms in total. The summed E-state index contributed by atoms with van der Waals surface area (Å²) in [5.74, 6) is 0.921. The van der Waals surface area contributed by atoms with Crippen LogP contribution in [0.1, 0.15) is 37.6 Å². The Morgan fingerprint density at radius 1 is 1.16 bits per heavy atom. The van der Waals surface area contributed by atoms with Gasteiger partial charge in [-0.1, -0.05) is 0 Å². The molecule has 0 radical (unpaired) electrons. The smallest absolute Gasteiger partial charge is 0.242 e. The molecule has 1 amide bonds. The van der Waals surface area contributed by atoms with Crippen molar-refractivity contribution in [3.63, 3.8) is 0 Å². The number of amides is 1. The molecule has 32 heavy (non-hydrogen) atoms. The number of pyridine rings is 1. The van der Waals surface area contributed by atoms with Crippen LogP contribution in [-0.2, 0) is 34.3 Å². The highest BCUT2D eigenvalue weighted by Crippen LogP contribution is 2.29. The number of carbonyl (C=O) groups excluding carboxylic acids is 1. The van der Waals surface area contributed by atoms with E-state index in [4.69, 9.17) is 4.98 Å². The summed E-state index contributed by atoms with van der Waals surface area (Å²) < 4.78 is 28.2. The lowest BCUT2D eigenvalue weighted by Crippen LogP contribution is -2.32. The molecule has 9 heteroatoms. The number of sulfonamides is 1. The maximum atomic E-state index is 13.1. The van der Waals surface area contributed by atoms with Crippen LogP contribution >= 0.6 is 0 Å². The van der Waals surface area contributed by atoms with Gasteiger partial charge in [0.25, 0.3) is 0 Å². The van der Waals surface area contributed by atoms with Crippen molar-refractivity contribution in [2.75, 3.05) is 14.1 Å². The molecule has 2 heterocycles. The molecule has 1 saturated carbocycles. The van der Waals surface area contributed by atoms with Crippen LogP contribution in [0.4, 0.5) is 0 Å². The molecule has 1 aliphatic carbocycles. The monoisotopic (exact) mass is 455 g/mol. The van der Waals surface area contributed by atoms with Crippen molar-refractivity contribution in [2.24, 2.45) is 0 Å². The van der Waals surface area contributed by atoms with Crippen LogP contribution in [0, 0.1) is 0 Å². The van der Waals surface area contributed by atoms with Crippen LogP contribution in [0.3, 0.4) is 0 Å². The molecular weight excluding hydrogens is 426 g/mol. The second-order valence-electron chi connectivity index (χ2n) is 8.32. The van der Waals surface area contributed by atoms with Crippen LogP contribution < -0.4 is 0 Å². The van der Waals surface area contributed by atoms with E-state index in [1.807, 2.05) is 24.0 Å². The van der Waals surface area contributed by atoms with Crippen LogP contribution in [-0.4, -0.2) is 58.2 Å². The van der Waals surface area contributed by atoms with E-state index < -0.39 is 10.0 Å². The number of aryl methyl sites for hydroxylation is 2. The molecule has 170 valence electrons. The number of rotatable bonds is 9. The zero-order chi connectivity index (χ0) is 22.9. The first kappa shape index (κ1) is 22.4. The summed E-state index contributed by atoms with van der Waals surface area (Å²) in [6.45, 7) is 3.32. The van der Waals surface area contributed by atoms with Gasteiger partial charge in [-0.2, -0.15) is 0 Å². The summed E-state index contributed by atoms with van der Waals surface area (Å²) >= 11 is 0. The fourth-order valence-electron chi connectivity index (χ4n) is 3.93. The van der Waals surface area contributed by atoms with E-state index in [1.54, 1.807) is 30.6 Å². The van der Waals surface area contributed by atoms with Crippen molar-refractivity contribution in [1.29, 1.82) is 0 Å².